The fourth-order valence-electron chi connectivity index (χ4n) is 5.51. The van der Waals surface area contributed by atoms with Crippen molar-refractivity contribution >= 4 is 38.4 Å². The van der Waals surface area contributed by atoms with E-state index in [4.69, 9.17) is 4.42 Å². The van der Waals surface area contributed by atoms with E-state index in [1.54, 1.807) is 0 Å². The molecule has 0 fully saturated rings. The minimum absolute atomic E-state index is 0.818. The monoisotopic (exact) mass is 487 g/mol. The highest BCUT2D eigenvalue weighted by molar-refractivity contribution is 6.09. The van der Waals surface area contributed by atoms with Crippen molar-refractivity contribution in [3.8, 4) is 33.8 Å². The van der Waals surface area contributed by atoms with Crippen LogP contribution in [0.4, 0.5) is 0 Å². The molecule has 0 aliphatic carbocycles. The highest BCUT2D eigenvalue weighted by Crippen LogP contribution is 2.37. The molecular formula is C34H21N3O. The first-order valence-corrected chi connectivity index (χ1v) is 12.7. The fourth-order valence-corrected chi connectivity index (χ4v) is 5.51. The molecule has 8 rings (SSSR count). The van der Waals surface area contributed by atoms with Crippen LogP contribution in [0.25, 0.3) is 72.1 Å². The van der Waals surface area contributed by atoms with Crippen molar-refractivity contribution in [1.29, 1.82) is 0 Å². The van der Waals surface area contributed by atoms with Crippen molar-refractivity contribution in [1.82, 2.24) is 14.6 Å². The van der Waals surface area contributed by atoms with E-state index in [1.165, 1.54) is 0 Å². The third-order valence-electron chi connectivity index (χ3n) is 7.33. The van der Waals surface area contributed by atoms with Crippen molar-refractivity contribution in [2.45, 2.75) is 0 Å². The van der Waals surface area contributed by atoms with Gasteiger partial charge in [-0.2, -0.15) is 0 Å². The Kier molecular flexibility index (Phi) is 4.49. The van der Waals surface area contributed by atoms with E-state index in [0.29, 0.717) is 0 Å². The van der Waals surface area contributed by atoms with Gasteiger partial charge in [-0.15, -0.1) is 10.2 Å². The number of benzene rings is 5. The van der Waals surface area contributed by atoms with Crippen molar-refractivity contribution in [3.63, 3.8) is 0 Å². The number of rotatable bonds is 3. The lowest BCUT2D eigenvalue weighted by Crippen LogP contribution is -1.96. The van der Waals surface area contributed by atoms with Gasteiger partial charge in [0.25, 0.3) is 0 Å². The Balaban J connectivity index is 1.31. The number of pyridine rings is 1. The summed E-state index contributed by atoms with van der Waals surface area (Å²) in [4.78, 5) is 0. The number of aromatic nitrogens is 3. The third kappa shape index (κ3) is 3.10. The van der Waals surface area contributed by atoms with Crippen LogP contribution in [0.2, 0.25) is 0 Å². The SMILES string of the molecule is c1ccc(-c2cc3ccccc3c3nnc(-c4ccc(-c5cccc6c5oc5ccccc56)cc4)n23)cc1. The molecule has 3 heterocycles. The highest BCUT2D eigenvalue weighted by atomic mass is 16.3. The van der Waals surface area contributed by atoms with Gasteiger partial charge in [0.05, 0.1) is 5.69 Å². The largest absolute Gasteiger partial charge is 0.455 e. The average molecular weight is 488 g/mol. The van der Waals surface area contributed by atoms with Crippen molar-refractivity contribution < 1.29 is 4.42 Å². The maximum absolute atomic E-state index is 6.28. The summed E-state index contributed by atoms with van der Waals surface area (Å²) < 4.78 is 8.45. The lowest BCUT2D eigenvalue weighted by Gasteiger charge is -2.11. The Morgan fingerprint density at radius 2 is 1.24 bits per heavy atom. The molecule has 4 heteroatoms. The van der Waals surface area contributed by atoms with Crippen LogP contribution >= 0.6 is 0 Å². The number of furan rings is 1. The molecule has 38 heavy (non-hydrogen) atoms. The second-order valence-corrected chi connectivity index (χ2v) is 9.52. The van der Waals surface area contributed by atoms with Gasteiger partial charge < -0.3 is 4.42 Å². The van der Waals surface area contributed by atoms with E-state index in [1.807, 2.05) is 24.3 Å². The summed E-state index contributed by atoms with van der Waals surface area (Å²) in [5.74, 6) is 0.818. The lowest BCUT2D eigenvalue weighted by atomic mass is 10.0. The summed E-state index contributed by atoms with van der Waals surface area (Å²) in [7, 11) is 0. The van der Waals surface area contributed by atoms with Crippen LogP contribution in [-0.4, -0.2) is 14.6 Å². The molecule has 0 aliphatic rings. The van der Waals surface area contributed by atoms with E-state index >= 15 is 0 Å². The number of hydrogen-bond donors (Lipinski definition) is 0. The predicted molar refractivity (Wildman–Crippen MR) is 154 cm³/mol. The average Bonchev–Trinajstić information content (AvgIpc) is 3.60. The summed E-state index contributed by atoms with van der Waals surface area (Å²) in [5.41, 5.74) is 8.04. The first-order chi connectivity index (χ1) is 18.8. The normalized spacial score (nSPS) is 11.7. The van der Waals surface area contributed by atoms with Gasteiger partial charge in [0.2, 0.25) is 0 Å². The number of nitrogens with zero attached hydrogens (tertiary/aromatic N) is 3. The van der Waals surface area contributed by atoms with Crippen molar-refractivity contribution in [3.05, 3.63) is 127 Å². The summed E-state index contributed by atoms with van der Waals surface area (Å²) in [6, 6.07) is 44.0. The first kappa shape index (κ1) is 20.9. The Bertz CT molecular complexity index is 2120. The molecule has 0 aliphatic heterocycles. The van der Waals surface area contributed by atoms with E-state index in [2.05, 4.69) is 118 Å². The van der Waals surface area contributed by atoms with Gasteiger partial charge in [-0.25, -0.2) is 0 Å². The lowest BCUT2D eigenvalue weighted by molar-refractivity contribution is 0.670. The zero-order valence-electron chi connectivity index (χ0n) is 20.4. The van der Waals surface area contributed by atoms with E-state index in [9.17, 15) is 0 Å². The Labute approximate surface area is 218 Å². The maximum atomic E-state index is 6.28. The van der Waals surface area contributed by atoms with Gasteiger partial charge in [0.1, 0.15) is 11.2 Å². The van der Waals surface area contributed by atoms with Crippen LogP contribution in [0, 0.1) is 0 Å². The van der Waals surface area contributed by atoms with Crippen LogP contribution in [0.5, 0.6) is 0 Å². The molecule has 0 amide bonds. The van der Waals surface area contributed by atoms with Crippen LogP contribution in [0.15, 0.2) is 132 Å². The molecule has 0 atom stereocenters. The summed E-state index contributed by atoms with van der Waals surface area (Å²) >= 11 is 0. The van der Waals surface area contributed by atoms with Crippen molar-refractivity contribution in [2.24, 2.45) is 0 Å². The quantitative estimate of drug-likeness (QED) is 0.250. The van der Waals surface area contributed by atoms with Crippen molar-refractivity contribution in [2.75, 3.05) is 0 Å². The number of fused-ring (bicyclic) bond motifs is 6. The second-order valence-electron chi connectivity index (χ2n) is 9.52. The second kappa shape index (κ2) is 8.15. The highest BCUT2D eigenvalue weighted by Gasteiger charge is 2.17. The minimum Gasteiger partial charge on any atom is -0.455 e. The van der Waals surface area contributed by atoms with Crippen LogP contribution in [0.3, 0.4) is 0 Å². The molecule has 4 nitrogen and oxygen atoms in total. The molecule has 0 saturated heterocycles. The minimum atomic E-state index is 0.818. The molecule has 5 aromatic carbocycles. The number of para-hydroxylation sites is 2. The first-order valence-electron chi connectivity index (χ1n) is 12.7. The number of hydrogen-bond acceptors (Lipinski definition) is 3. The van der Waals surface area contributed by atoms with Gasteiger partial charge in [-0.1, -0.05) is 115 Å². The van der Waals surface area contributed by atoms with Crippen LogP contribution in [-0.2, 0) is 0 Å². The molecular weight excluding hydrogens is 466 g/mol. The molecule has 0 spiro atoms. The fraction of sp³-hybridized carbons (Fsp3) is 0. The smallest absolute Gasteiger partial charge is 0.169 e. The molecule has 0 bridgehead atoms. The molecule has 178 valence electrons. The van der Waals surface area contributed by atoms with Gasteiger partial charge >= 0.3 is 0 Å². The molecule has 3 aromatic heterocycles. The van der Waals surface area contributed by atoms with E-state index in [0.717, 1.165) is 72.1 Å². The molecule has 0 unspecified atom stereocenters. The predicted octanol–water partition coefficient (Wildman–Crippen LogP) is 8.78. The molecule has 8 aromatic rings. The zero-order valence-corrected chi connectivity index (χ0v) is 20.4. The van der Waals surface area contributed by atoms with Crippen LogP contribution < -0.4 is 0 Å². The van der Waals surface area contributed by atoms with Crippen LogP contribution in [0.1, 0.15) is 0 Å². The van der Waals surface area contributed by atoms with Gasteiger partial charge in [-0.05, 0) is 28.6 Å². The van der Waals surface area contributed by atoms with Gasteiger partial charge in [-0.3, -0.25) is 4.40 Å². The maximum Gasteiger partial charge on any atom is 0.169 e. The Morgan fingerprint density at radius 3 is 2.11 bits per heavy atom. The molecule has 0 N–H and O–H groups in total. The topological polar surface area (TPSA) is 43.3 Å². The molecule has 0 radical (unpaired) electrons. The standard InChI is InChI=1S/C34H21N3O/c1-2-9-23(10-3-1)30-21-25-11-4-5-12-27(25)34-36-35-33(37(30)34)24-19-17-22(18-20-24)26-14-8-15-29-28-13-6-7-16-31(28)38-32(26)29/h1-21H. The van der Waals surface area contributed by atoms with Gasteiger partial charge in [0.15, 0.2) is 11.5 Å². The Hall–Kier alpha value is -5.22. The van der Waals surface area contributed by atoms with E-state index in [-0.39, 0.29) is 0 Å². The summed E-state index contributed by atoms with van der Waals surface area (Å²) in [6.07, 6.45) is 0. The van der Waals surface area contributed by atoms with Gasteiger partial charge in [0, 0.05) is 27.3 Å². The van der Waals surface area contributed by atoms with E-state index < -0.39 is 0 Å². The zero-order chi connectivity index (χ0) is 25.1. The summed E-state index contributed by atoms with van der Waals surface area (Å²) in [6.45, 7) is 0. The summed E-state index contributed by atoms with van der Waals surface area (Å²) in [5, 5.41) is 13.8. The third-order valence-corrected chi connectivity index (χ3v) is 7.33. The molecule has 0 saturated carbocycles. The Morgan fingerprint density at radius 1 is 0.526 bits per heavy atom.